The van der Waals surface area contributed by atoms with Crippen LogP contribution in [0.2, 0.25) is 0 Å². The van der Waals surface area contributed by atoms with E-state index in [1.165, 1.54) is 18.9 Å². The van der Waals surface area contributed by atoms with Crippen LogP contribution in [-0.4, -0.2) is 31.1 Å². The molecule has 3 heteroatoms. The molecule has 1 N–H and O–H groups in total. The summed E-state index contributed by atoms with van der Waals surface area (Å²) in [7, 11) is 2.10. The molecule has 0 spiro atoms. The first kappa shape index (κ1) is 15.1. The second kappa shape index (κ2) is 8.22. The van der Waals surface area contributed by atoms with Crippen LogP contribution in [0.4, 0.5) is 4.39 Å². The molecule has 0 saturated heterocycles. The van der Waals surface area contributed by atoms with E-state index in [0.717, 1.165) is 25.2 Å². The van der Waals surface area contributed by atoms with Crippen molar-refractivity contribution in [3.8, 4) is 0 Å². The SMILES string of the molecule is CCNCCCC(C)N(C)Cc1cccc(F)c1. The summed E-state index contributed by atoms with van der Waals surface area (Å²) in [5.74, 6) is -0.152. The molecule has 1 rings (SSSR count). The van der Waals surface area contributed by atoms with Crippen LogP contribution in [0, 0.1) is 5.82 Å². The Morgan fingerprint density at radius 2 is 2.17 bits per heavy atom. The van der Waals surface area contributed by atoms with Gasteiger partial charge in [0.25, 0.3) is 0 Å². The number of benzene rings is 1. The maximum absolute atomic E-state index is 13.1. The van der Waals surface area contributed by atoms with Crippen LogP contribution >= 0.6 is 0 Å². The molecule has 2 nitrogen and oxygen atoms in total. The number of rotatable bonds is 8. The lowest BCUT2D eigenvalue weighted by Gasteiger charge is -2.24. The van der Waals surface area contributed by atoms with E-state index in [4.69, 9.17) is 0 Å². The van der Waals surface area contributed by atoms with Gasteiger partial charge in [-0.1, -0.05) is 19.1 Å². The predicted molar refractivity (Wildman–Crippen MR) is 75.1 cm³/mol. The number of nitrogens with zero attached hydrogens (tertiary/aromatic N) is 1. The van der Waals surface area contributed by atoms with E-state index < -0.39 is 0 Å². The van der Waals surface area contributed by atoms with Crippen molar-refractivity contribution >= 4 is 0 Å². The molecule has 0 saturated carbocycles. The lowest BCUT2D eigenvalue weighted by Crippen LogP contribution is -2.29. The third kappa shape index (κ3) is 5.61. The highest BCUT2D eigenvalue weighted by atomic mass is 19.1. The van der Waals surface area contributed by atoms with Crippen molar-refractivity contribution in [1.82, 2.24) is 10.2 Å². The molecule has 0 aromatic heterocycles. The molecule has 0 heterocycles. The van der Waals surface area contributed by atoms with E-state index in [-0.39, 0.29) is 5.82 Å². The monoisotopic (exact) mass is 252 g/mol. The van der Waals surface area contributed by atoms with Crippen molar-refractivity contribution < 1.29 is 4.39 Å². The summed E-state index contributed by atoms with van der Waals surface area (Å²) in [5, 5.41) is 3.33. The van der Waals surface area contributed by atoms with E-state index in [2.05, 4.69) is 31.1 Å². The average Bonchev–Trinajstić information content (AvgIpc) is 2.34. The Morgan fingerprint density at radius 3 is 2.83 bits per heavy atom. The molecule has 0 aliphatic heterocycles. The highest BCUT2D eigenvalue weighted by molar-refractivity contribution is 5.16. The zero-order valence-corrected chi connectivity index (χ0v) is 11.7. The van der Waals surface area contributed by atoms with Crippen molar-refractivity contribution in [3.05, 3.63) is 35.6 Å². The number of halogens is 1. The summed E-state index contributed by atoms with van der Waals surface area (Å²) in [6.07, 6.45) is 2.35. The van der Waals surface area contributed by atoms with E-state index in [1.54, 1.807) is 12.1 Å². The van der Waals surface area contributed by atoms with Crippen LogP contribution in [-0.2, 0) is 6.54 Å². The summed E-state index contributed by atoms with van der Waals surface area (Å²) in [4.78, 5) is 2.28. The Balaban J connectivity index is 2.33. The van der Waals surface area contributed by atoms with Crippen molar-refractivity contribution in [2.45, 2.75) is 39.3 Å². The third-order valence-corrected chi connectivity index (χ3v) is 3.30. The van der Waals surface area contributed by atoms with Gasteiger partial charge in [0.15, 0.2) is 0 Å². The smallest absolute Gasteiger partial charge is 0.123 e. The normalized spacial score (nSPS) is 12.9. The van der Waals surface area contributed by atoms with Gasteiger partial charge in [-0.05, 0) is 57.6 Å². The fraction of sp³-hybridized carbons (Fsp3) is 0.600. The fourth-order valence-corrected chi connectivity index (χ4v) is 2.00. The van der Waals surface area contributed by atoms with Crippen LogP contribution in [0.25, 0.3) is 0 Å². The van der Waals surface area contributed by atoms with Gasteiger partial charge < -0.3 is 5.32 Å². The summed E-state index contributed by atoms with van der Waals surface area (Å²) in [6.45, 7) is 7.27. The second-order valence-electron chi connectivity index (χ2n) is 4.89. The maximum atomic E-state index is 13.1. The standard InChI is InChI=1S/C15H25FN2/c1-4-17-10-6-7-13(2)18(3)12-14-8-5-9-15(16)11-14/h5,8-9,11,13,17H,4,6-7,10,12H2,1-3H3. The molecule has 1 unspecified atom stereocenters. The molecule has 0 amide bonds. The molecule has 0 fully saturated rings. The van der Waals surface area contributed by atoms with E-state index in [1.807, 2.05) is 6.07 Å². The number of hydrogen-bond acceptors (Lipinski definition) is 2. The summed E-state index contributed by atoms with van der Waals surface area (Å²) in [5.41, 5.74) is 1.04. The van der Waals surface area contributed by atoms with Gasteiger partial charge in [-0.25, -0.2) is 4.39 Å². The molecule has 0 bridgehead atoms. The zero-order valence-electron chi connectivity index (χ0n) is 11.7. The van der Waals surface area contributed by atoms with Crippen LogP contribution in [0.5, 0.6) is 0 Å². The molecular formula is C15H25FN2. The zero-order chi connectivity index (χ0) is 13.4. The molecular weight excluding hydrogens is 227 g/mol. The highest BCUT2D eigenvalue weighted by Gasteiger charge is 2.09. The van der Waals surface area contributed by atoms with Crippen molar-refractivity contribution in [1.29, 1.82) is 0 Å². The minimum atomic E-state index is -0.152. The third-order valence-electron chi connectivity index (χ3n) is 3.30. The summed E-state index contributed by atoms with van der Waals surface area (Å²) >= 11 is 0. The van der Waals surface area contributed by atoms with Crippen LogP contribution in [0.1, 0.15) is 32.3 Å². The molecule has 0 aliphatic rings. The molecule has 1 aromatic carbocycles. The van der Waals surface area contributed by atoms with Crippen LogP contribution < -0.4 is 5.32 Å². The quantitative estimate of drug-likeness (QED) is 0.715. The number of hydrogen-bond donors (Lipinski definition) is 1. The summed E-state index contributed by atoms with van der Waals surface area (Å²) < 4.78 is 13.1. The molecule has 0 radical (unpaired) electrons. The Hall–Kier alpha value is -0.930. The molecule has 102 valence electrons. The van der Waals surface area contributed by atoms with Crippen molar-refractivity contribution in [2.75, 3.05) is 20.1 Å². The average molecular weight is 252 g/mol. The second-order valence-corrected chi connectivity index (χ2v) is 4.89. The van der Waals surface area contributed by atoms with Crippen molar-refractivity contribution in [2.24, 2.45) is 0 Å². The first-order valence-electron chi connectivity index (χ1n) is 6.79. The lowest BCUT2D eigenvalue weighted by molar-refractivity contribution is 0.234. The predicted octanol–water partition coefficient (Wildman–Crippen LogP) is 3.04. The van der Waals surface area contributed by atoms with Gasteiger partial charge in [0, 0.05) is 12.6 Å². The van der Waals surface area contributed by atoms with Gasteiger partial charge in [-0.2, -0.15) is 0 Å². The molecule has 0 aliphatic carbocycles. The topological polar surface area (TPSA) is 15.3 Å². The van der Waals surface area contributed by atoms with Gasteiger partial charge in [0.1, 0.15) is 5.82 Å². The van der Waals surface area contributed by atoms with Gasteiger partial charge >= 0.3 is 0 Å². The molecule has 18 heavy (non-hydrogen) atoms. The molecule has 1 aromatic rings. The van der Waals surface area contributed by atoms with Gasteiger partial charge in [-0.15, -0.1) is 0 Å². The van der Waals surface area contributed by atoms with E-state index in [0.29, 0.717) is 6.04 Å². The first-order valence-corrected chi connectivity index (χ1v) is 6.79. The fourth-order valence-electron chi connectivity index (χ4n) is 2.00. The molecule has 1 atom stereocenters. The summed E-state index contributed by atoms with van der Waals surface area (Å²) in [6, 6.07) is 7.37. The van der Waals surface area contributed by atoms with Crippen LogP contribution in [0.15, 0.2) is 24.3 Å². The highest BCUT2D eigenvalue weighted by Crippen LogP contribution is 2.11. The van der Waals surface area contributed by atoms with Gasteiger partial charge in [0.2, 0.25) is 0 Å². The minimum Gasteiger partial charge on any atom is -0.317 e. The van der Waals surface area contributed by atoms with Gasteiger partial charge in [-0.3, -0.25) is 4.90 Å². The Kier molecular flexibility index (Phi) is 6.91. The Morgan fingerprint density at radius 1 is 1.39 bits per heavy atom. The Labute approximate surface area is 110 Å². The first-order chi connectivity index (χ1) is 8.63. The van der Waals surface area contributed by atoms with Crippen LogP contribution in [0.3, 0.4) is 0 Å². The lowest BCUT2D eigenvalue weighted by atomic mass is 10.1. The number of nitrogens with one attached hydrogen (secondary N) is 1. The minimum absolute atomic E-state index is 0.152. The van der Waals surface area contributed by atoms with E-state index in [9.17, 15) is 4.39 Å². The maximum Gasteiger partial charge on any atom is 0.123 e. The van der Waals surface area contributed by atoms with Crippen molar-refractivity contribution in [3.63, 3.8) is 0 Å². The van der Waals surface area contributed by atoms with Gasteiger partial charge in [0.05, 0.1) is 0 Å². The Bertz CT molecular complexity index is 341. The van der Waals surface area contributed by atoms with E-state index >= 15 is 0 Å². The largest absolute Gasteiger partial charge is 0.317 e.